The highest BCUT2D eigenvalue weighted by molar-refractivity contribution is 8.11. The van der Waals surface area contributed by atoms with Crippen molar-refractivity contribution in [2.45, 2.75) is 25.2 Å². The van der Waals surface area contributed by atoms with Crippen LogP contribution in [0, 0.1) is 0 Å². The standard InChI is InChI=1S/C6H10ClF2NO2S/c7-13(11,12)10-4-1-2-6(8,9)3-5-10/h1-5H2. The lowest BCUT2D eigenvalue weighted by Crippen LogP contribution is -2.29. The Kier molecular flexibility index (Phi) is 3.14. The molecule has 0 radical (unpaired) electrons. The zero-order valence-electron chi connectivity index (χ0n) is 6.84. The highest BCUT2D eigenvalue weighted by atomic mass is 35.7. The average Bonchev–Trinajstić information content (AvgIpc) is 2.08. The van der Waals surface area contributed by atoms with Gasteiger partial charge in [-0.1, -0.05) is 0 Å². The second-order valence-electron chi connectivity index (χ2n) is 3.05. The van der Waals surface area contributed by atoms with Gasteiger partial charge in [-0.15, -0.1) is 0 Å². The highest BCUT2D eigenvalue weighted by Gasteiger charge is 2.34. The average molecular weight is 234 g/mol. The van der Waals surface area contributed by atoms with Gasteiger partial charge in [0.05, 0.1) is 0 Å². The fraction of sp³-hybridized carbons (Fsp3) is 1.00. The molecule has 0 aliphatic carbocycles. The molecule has 0 aromatic rings. The molecule has 0 spiro atoms. The van der Waals surface area contributed by atoms with Crippen LogP contribution in [0.3, 0.4) is 0 Å². The van der Waals surface area contributed by atoms with Gasteiger partial charge in [0.1, 0.15) is 0 Å². The third-order valence-corrected chi connectivity index (χ3v) is 3.55. The third kappa shape index (κ3) is 3.36. The summed E-state index contributed by atoms with van der Waals surface area (Å²) in [5, 5.41) is 0. The predicted molar refractivity (Wildman–Crippen MR) is 45.1 cm³/mol. The summed E-state index contributed by atoms with van der Waals surface area (Å²) in [6.07, 6.45) is -0.562. The van der Waals surface area contributed by atoms with Crippen molar-refractivity contribution in [1.29, 1.82) is 0 Å². The first-order valence-electron chi connectivity index (χ1n) is 3.89. The smallest absolute Gasteiger partial charge is 0.207 e. The molecular formula is C6H10ClF2NO2S. The maximum atomic E-state index is 12.8. The van der Waals surface area contributed by atoms with Crippen LogP contribution < -0.4 is 0 Å². The highest BCUT2D eigenvalue weighted by Crippen LogP contribution is 2.29. The van der Waals surface area contributed by atoms with Gasteiger partial charge in [0.2, 0.25) is 5.92 Å². The normalized spacial score (nSPS) is 25.5. The van der Waals surface area contributed by atoms with Gasteiger partial charge in [0.25, 0.3) is 9.24 Å². The van der Waals surface area contributed by atoms with E-state index < -0.39 is 21.6 Å². The van der Waals surface area contributed by atoms with Crippen molar-refractivity contribution in [3.8, 4) is 0 Å². The van der Waals surface area contributed by atoms with E-state index in [0.29, 0.717) is 0 Å². The number of hydrogen-bond donors (Lipinski definition) is 0. The molecule has 1 aliphatic heterocycles. The first-order valence-corrected chi connectivity index (χ1v) is 6.15. The third-order valence-electron chi connectivity index (χ3n) is 1.99. The fourth-order valence-electron chi connectivity index (χ4n) is 1.26. The summed E-state index contributed by atoms with van der Waals surface area (Å²) in [5.41, 5.74) is 0. The van der Waals surface area contributed by atoms with E-state index in [1.54, 1.807) is 0 Å². The van der Waals surface area contributed by atoms with E-state index in [0.717, 1.165) is 4.31 Å². The van der Waals surface area contributed by atoms with Crippen molar-refractivity contribution >= 4 is 19.9 Å². The molecule has 3 nitrogen and oxygen atoms in total. The van der Waals surface area contributed by atoms with Crippen molar-refractivity contribution in [3.63, 3.8) is 0 Å². The SMILES string of the molecule is O=S(=O)(Cl)N1CCCC(F)(F)CC1. The Morgan fingerprint density at radius 2 is 1.85 bits per heavy atom. The molecular weight excluding hydrogens is 224 g/mol. The van der Waals surface area contributed by atoms with E-state index in [9.17, 15) is 17.2 Å². The van der Waals surface area contributed by atoms with E-state index in [2.05, 4.69) is 0 Å². The molecule has 0 unspecified atom stereocenters. The number of alkyl halides is 2. The van der Waals surface area contributed by atoms with Crippen molar-refractivity contribution in [1.82, 2.24) is 4.31 Å². The van der Waals surface area contributed by atoms with Crippen LogP contribution in [0.4, 0.5) is 8.78 Å². The second-order valence-corrected chi connectivity index (χ2v) is 5.56. The Bertz CT molecular complexity index is 280. The molecule has 1 heterocycles. The minimum atomic E-state index is -3.83. The molecule has 78 valence electrons. The van der Waals surface area contributed by atoms with Crippen LogP contribution in [0.1, 0.15) is 19.3 Å². The van der Waals surface area contributed by atoms with Crippen LogP contribution in [-0.4, -0.2) is 31.7 Å². The Morgan fingerprint density at radius 1 is 1.23 bits per heavy atom. The first kappa shape index (κ1) is 11.1. The lowest BCUT2D eigenvalue weighted by atomic mass is 10.1. The molecule has 1 aliphatic rings. The summed E-state index contributed by atoms with van der Waals surface area (Å²) in [5.74, 6) is -2.75. The molecule has 0 N–H and O–H groups in total. The van der Waals surface area contributed by atoms with Crippen LogP contribution in [0.2, 0.25) is 0 Å². The van der Waals surface area contributed by atoms with Crippen LogP contribution in [-0.2, 0) is 9.24 Å². The molecule has 0 atom stereocenters. The minimum Gasteiger partial charge on any atom is -0.207 e. The molecule has 13 heavy (non-hydrogen) atoms. The van der Waals surface area contributed by atoms with E-state index in [-0.39, 0.29) is 25.9 Å². The predicted octanol–water partition coefficient (Wildman–Crippen LogP) is 1.59. The number of rotatable bonds is 1. The second kappa shape index (κ2) is 3.67. The van der Waals surface area contributed by atoms with Gasteiger partial charge in [-0.05, 0) is 6.42 Å². The van der Waals surface area contributed by atoms with E-state index in [1.807, 2.05) is 0 Å². The molecule has 0 amide bonds. The zero-order valence-corrected chi connectivity index (χ0v) is 8.41. The van der Waals surface area contributed by atoms with Gasteiger partial charge in [-0.2, -0.15) is 12.7 Å². The molecule has 7 heteroatoms. The zero-order chi connectivity index (χ0) is 10.1. The fourth-order valence-corrected chi connectivity index (χ4v) is 2.33. The minimum absolute atomic E-state index is 0.0847. The van der Waals surface area contributed by atoms with Gasteiger partial charge in [0, 0.05) is 36.6 Å². The Hall–Kier alpha value is 0.0600. The molecule has 1 saturated heterocycles. The largest absolute Gasteiger partial charge is 0.299 e. The van der Waals surface area contributed by atoms with Crippen molar-refractivity contribution in [2.24, 2.45) is 0 Å². The van der Waals surface area contributed by atoms with Crippen LogP contribution >= 0.6 is 10.7 Å². The summed E-state index contributed by atoms with van der Waals surface area (Å²) in [4.78, 5) is 0. The maximum absolute atomic E-state index is 12.8. The lowest BCUT2D eigenvalue weighted by molar-refractivity contribution is -0.0116. The summed E-state index contributed by atoms with van der Waals surface area (Å²) >= 11 is 0. The van der Waals surface area contributed by atoms with Crippen LogP contribution in [0.5, 0.6) is 0 Å². The quantitative estimate of drug-likeness (QED) is 0.645. The summed E-state index contributed by atoms with van der Waals surface area (Å²) in [6, 6.07) is 0. The summed E-state index contributed by atoms with van der Waals surface area (Å²) in [6.45, 7) is -0.111. The number of hydrogen-bond acceptors (Lipinski definition) is 2. The van der Waals surface area contributed by atoms with Gasteiger partial charge in [0.15, 0.2) is 0 Å². The molecule has 0 bridgehead atoms. The Balaban J connectivity index is 2.66. The Labute approximate surface area is 80.2 Å². The lowest BCUT2D eigenvalue weighted by Gasteiger charge is -2.15. The maximum Gasteiger partial charge on any atom is 0.299 e. The van der Waals surface area contributed by atoms with E-state index >= 15 is 0 Å². The molecule has 0 aromatic carbocycles. The molecule has 1 fully saturated rings. The molecule has 0 aromatic heterocycles. The van der Waals surface area contributed by atoms with Gasteiger partial charge < -0.3 is 0 Å². The Morgan fingerprint density at radius 3 is 2.38 bits per heavy atom. The number of halogens is 3. The van der Waals surface area contributed by atoms with Crippen molar-refractivity contribution in [3.05, 3.63) is 0 Å². The summed E-state index contributed by atoms with van der Waals surface area (Å²) in [7, 11) is 1.20. The first-order chi connectivity index (χ1) is 5.81. The van der Waals surface area contributed by atoms with Gasteiger partial charge in [-0.3, -0.25) is 0 Å². The topological polar surface area (TPSA) is 37.4 Å². The van der Waals surface area contributed by atoms with Gasteiger partial charge in [-0.25, -0.2) is 8.78 Å². The molecule has 0 saturated carbocycles. The van der Waals surface area contributed by atoms with Crippen LogP contribution in [0.15, 0.2) is 0 Å². The van der Waals surface area contributed by atoms with E-state index in [1.165, 1.54) is 0 Å². The number of nitrogens with zero attached hydrogens (tertiary/aromatic N) is 1. The molecule has 1 rings (SSSR count). The monoisotopic (exact) mass is 233 g/mol. The summed E-state index contributed by atoms with van der Waals surface area (Å²) < 4.78 is 48.0. The van der Waals surface area contributed by atoms with Crippen LogP contribution in [0.25, 0.3) is 0 Å². The van der Waals surface area contributed by atoms with Crippen molar-refractivity contribution in [2.75, 3.05) is 13.1 Å². The van der Waals surface area contributed by atoms with Gasteiger partial charge >= 0.3 is 0 Å². The van der Waals surface area contributed by atoms with E-state index in [4.69, 9.17) is 10.7 Å². The van der Waals surface area contributed by atoms with Crippen molar-refractivity contribution < 1.29 is 17.2 Å².